The Morgan fingerprint density at radius 2 is 1.82 bits per heavy atom. The number of fused-ring (bicyclic) bond motifs is 1. The van der Waals surface area contributed by atoms with Crippen LogP contribution in [0, 0.1) is 0 Å². The molecule has 0 aliphatic rings. The number of carbonyl (C=O) groups excluding carboxylic acids is 2. The standard InChI is InChI=1S/C22H22N2O3Se/c1-4-5-15-24(22(26)27-3)19-17-13-9-10-14-18(17)23(2)20(19)21(25)28-16-11-7-6-8-12-16/h4,6-14H,1,5,15H2,2-3H3. The first-order valence-electron chi connectivity index (χ1n) is 8.89. The van der Waals surface area contributed by atoms with E-state index in [4.69, 9.17) is 4.74 Å². The summed E-state index contributed by atoms with van der Waals surface area (Å²) in [5.41, 5.74) is 2.03. The Balaban J connectivity index is 2.16. The van der Waals surface area contributed by atoms with Gasteiger partial charge in [-0.05, 0) is 0 Å². The zero-order valence-corrected chi connectivity index (χ0v) is 17.6. The number of aromatic nitrogens is 1. The quantitative estimate of drug-likeness (QED) is 0.417. The summed E-state index contributed by atoms with van der Waals surface area (Å²) in [5, 5.41) is 0.853. The maximum absolute atomic E-state index is 13.3. The van der Waals surface area contributed by atoms with Gasteiger partial charge >= 0.3 is 171 Å². The van der Waals surface area contributed by atoms with E-state index in [-0.39, 0.29) is 4.68 Å². The van der Waals surface area contributed by atoms with Gasteiger partial charge in [0.2, 0.25) is 0 Å². The van der Waals surface area contributed by atoms with Gasteiger partial charge in [0, 0.05) is 0 Å². The molecule has 0 N–H and O–H groups in total. The van der Waals surface area contributed by atoms with E-state index >= 15 is 0 Å². The molecule has 0 unspecified atom stereocenters. The first-order chi connectivity index (χ1) is 13.6. The van der Waals surface area contributed by atoms with Crippen LogP contribution in [-0.2, 0) is 11.8 Å². The molecular weight excluding hydrogens is 419 g/mol. The third-order valence-corrected chi connectivity index (χ3v) is 6.31. The molecule has 0 fully saturated rings. The van der Waals surface area contributed by atoms with Gasteiger partial charge < -0.3 is 0 Å². The summed E-state index contributed by atoms with van der Waals surface area (Å²) < 4.78 is 7.90. The van der Waals surface area contributed by atoms with Gasteiger partial charge in [-0.15, -0.1) is 0 Å². The Kier molecular flexibility index (Phi) is 6.34. The molecule has 0 aliphatic heterocycles. The number of hydrogen-bond donors (Lipinski definition) is 0. The van der Waals surface area contributed by atoms with Gasteiger partial charge in [0.1, 0.15) is 0 Å². The Labute approximate surface area is 170 Å². The van der Waals surface area contributed by atoms with Gasteiger partial charge in [-0.2, -0.15) is 0 Å². The van der Waals surface area contributed by atoms with Crippen LogP contribution in [0.1, 0.15) is 16.9 Å². The van der Waals surface area contributed by atoms with E-state index in [2.05, 4.69) is 6.58 Å². The summed E-state index contributed by atoms with van der Waals surface area (Å²) in [5.74, 6) is 0. The number of ether oxygens (including phenoxy) is 1. The molecule has 1 heterocycles. The summed E-state index contributed by atoms with van der Waals surface area (Å²) in [7, 11) is 3.22. The van der Waals surface area contributed by atoms with Crippen LogP contribution < -0.4 is 9.36 Å². The van der Waals surface area contributed by atoms with Crippen molar-refractivity contribution in [3.63, 3.8) is 0 Å². The van der Waals surface area contributed by atoms with Gasteiger partial charge in [-0.25, -0.2) is 0 Å². The number of hydrogen-bond acceptors (Lipinski definition) is 3. The zero-order chi connectivity index (χ0) is 20.1. The number of rotatable bonds is 7. The number of anilines is 1. The molecule has 28 heavy (non-hydrogen) atoms. The molecule has 1 aromatic heterocycles. The molecule has 0 atom stereocenters. The number of nitrogens with zero attached hydrogens (tertiary/aromatic N) is 2. The third-order valence-electron chi connectivity index (χ3n) is 4.45. The molecule has 3 rings (SSSR count). The molecule has 1 amide bonds. The Morgan fingerprint density at radius 3 is 2.50 bits per heavy atom. The monoisotopic (exact) mass is 442 g/mol. The van der Waals surface area contributed by atoms with E-state index in [0.29, 0.717) is 24.3 Å². The second-order valence-corrected chi connectivity index (χ2v) is 8.37. The van der Waals surface area contributed by atoms with Crippen molar-refractivity contribution < 1.29 is 14.3 Å². The Hall–Kier alpha value is -2.82. The number of benzene rings is 2. The van der Waals surface area contributed by atoms with Crippen molar-refractivity contribution in [1.29, 1.82) is 0 Å². The normalized spacial score (nSPS) is 10.6. The minimum absolute atomic E-state index is 0.0138. The van der Waals surface area contributed by atoms with Gasteiger partial charge in [-0.3, -0.25) is 0 Å². The average Bonchev–Trinajstić information content (AvgIpc) is 3.01. The molecule has 0 bridgehead atoms. The van der Waals surface area contributed by atoms with Gasteiger partial charge in [0.25, 0.3) is 0 Å². The third kappa shape index (κ3) is 3.88. The SMILES string of the molecule is C=CCCN(C(=O)OC)c1c(C(=O)[Se]c2ccccc2)n(C)c2ccccc12. The first-order valence-corrected chi connectivity index (χ1v) is 10.6. The molecule has 0 radical (unpaired) electrons. The van der Waals surface area contributed by atoms with Crippen molar-refractivity contribution >= 4 is 46.8 Å². The van der Waals surface area contributed by atoms with Crippen LogP contribution >= 0.6 is 0 Å². The van der Waals surface area contributed by atoms with Crippen LogP contribution in [0.25, 0.3) is 10.9 Å². The molecule has 0 saturated heterocycles. The summed E-state index contributed by atoms with van der Waals surface area (Å²) in [6.07, 6.45) is 1.85. The van der Waals surface area contributed by atoms with E-state index < -0.39 is 21.1 Å². The van der Waals surface area contributed by atoms with Crippen LogP contribution in [-0.4, -0.2) is 44.0 Å². The maximum atomic E-state index is 13.3. The van der Waals surface area contributed by atoms with Crippen molar-refractivity contribution in [3.05, 3.63) is 72.9 Å². The number of para-hydroxylation sites is 1. The fraction of sp³-hybridized carbons (Fsp3) is 0.182. The van der Waals surface area contributed by atoms with E-state index in [1.807, 2.05) is 66.2 Å². The molecule has 0 spiro atoms. The van der Waals surface area contributed by atoms with Crippen molar-refractivity contribution in [2.45, 2.75) is 6.42 Å². The summed E-state index contributed by atoms with van der Waals surface area (Å²) in [6.45, 7) is 4.14. The molecule has 0 aliphatic carbocycles. The Bertz CT molecular complexity index is 1010. The predicted octanol–water partition coefficient (Wildman–Crippen LogP) is 3.50. The molecule has 3 aromatic rings. The van der Waals surface area contributed by atoms with Crippen LogP contribution in [0.4, 0.5) is 10.5 Å². The summed E-state index contributed by atoms with van der Waals surface area (Å²) in [6, 6.07) is 17.4. The zero-order valence-electron chi connectivity index (χ0n) is 15.9. The molecule has 0 saturated carbocycles. The van der Waals surface area contributed by atoms with E-state index in [9.17, 15) is 9.59 Å². The van der Waals surface area contributed by atoms with E-state index in [0.717, 1.165) is 15.4 Å². The molecule has 144 valence electrons. The van der Waals surface area contributed by atoms with E-state index in [1.54, 1.807) is 11.0 Å². The predicted molar refractivity (Wildman–Crippen MR) is 114 cm³/mol. The topological polar surface area (TPSA) is 51.5 Å². The van der Waals surface area contributed by atoms with Crippen molar-refractivity contribution in [1.82, 2.24) is 4.57 Å². The van der Waals surface area contributed by atoms with Gasteiger partial charge in [-0.1, -0.05) is 0 Å². The fourth-order valence-electron chi connectivity index (χ4n) is 3.15. The van der Waals surface area contributed by atoms with Crippen molar-refractivity contribution in [2.75, 3.05) is 18.6 Å². The summed E-state index contributed by atoms with van der Waals surface area (Å²) >= 11 is -0.404. The second-order valence-electron chi connectivity index (χ2n) is 6.17. The molecular formula is C22H22N2O3Se. The fourth-order valence-corrected chi connectivity index (χ4v) is 4.91. The van der Waals surface area contributed by atoms with Crippen LogP contribution in [0.15, 0.2) is 67.3 Å². The van der Waals surface area contributed by atoms with Crippen LogP contribution in [0.3, 0.4) is 0 Å². The van der Waals surface area contributed by atoms with E-state index in [1.165, 1.54) is 7.11 Å². The number of carbonyl (C=O) groups is 2. The molecule has 2 aromatic carbocycles. The number of amides is 1. The van der Waals surface area contributed by atoms with Crippen LogP contribution in [0.5, 0.6) is 0 Å². The Morgan fingerprint density at radius 1 is 1.14 bits per heavy atom. The number of methoxy groups -OCH3 is 1. The van der Waals surface area contributed by atoms with Crippen LogP contribution in [0.2, 0.25) is 0 Å². The average molecular weight is 441 g/mol. The first kappa shape index (κ1) is 19.9. The van der Waals surface area contributed by atoms with Gasteiger partial charge in [0.05, 0.1) is 0 Å². The second kappa shape index (κ2) is 8.91. The van der Waals surface area contributed by atoms with Gasteiger partial charge in [0.15, 0.2) is 0 Å². The number of aryl methyl sites for hydroxylation is 1. The molecule has 6 heteroatoms. The van der Waals surface area contributed by atoms with Crippen molar-refractivity contribution in [2.24, 2.45) is 7.05 Å². The minimum atomic E-state index is -0.487. The molecule has 5 nitrogen and oxygen atoms in total. The van der Waals surface area contributed by atoms with Crippen molar-refractivity contribution in [3.8, 4) is 0 Å². The summed E-state index contributed by atoms with van der Waals surface area (Å²) in [4.78, 5) is 27.4.